The van der Waals surface area contributed by atoms with Gasteiger partial charge in [0.15, 0.2) is 0 Å². The molecule has 2 rings (SSSR count). The van der Waals surface area contributed by atoms with Crippen molar-refractivity contribution in [1.29, 1.82) is 0 Å². The molecule has 0 amide bonds. The molecule has 0 atom stereocenters. The van der Waals surface area contributed by atoms with Gasteiger partial charge in [0.25, 0.3) is 0 Å². The van der Waals surface area contributed by atoms with E-state index in [-0.39, 0.29) is 0 Å². The summed E-state index contributed by atoms with van der Waals surface area (Å²) in [5, 5.41) is 0. The van der Waals surface area contributed by atoms with Crippen molar-refractivity contribution in [2.24, 2.45) is 5.92 Å². The normalized spacial score (nSPS) is 16.1. The van der Waals surface area contributed by atoms with Gasteiger partial charge in [0.05, 0.1) is 7.11 Å². The molecule has 92 valence electrons. The first-order valence-corrected chi connectivity index (χ1v) is 6.42. The van der Waals surface area contributed by atoms with Crippen molar-refractivity contribution in [3.8, 4) is 5.75 Å². The van der Waals surface area contributed by atoms with Crippen LogP contribution in [0.25, 0.3) is 0 Å². The Labute approximate surface area is 103 Å². The van der Waals surface area contributed by atoms with E-state index < -0.39 is 0 Å². The fourth-order valence-electron chi connectivity index (χ4n) is 2.62. The Morgan fingerprint density at radius 2 is 2.12 bits per heavy atom. The van der Waals surface area contributed by atoms with Gasteiger partial charge in [-0.15, -0.1) is 0 Å². The van der Waals surface area contributed by atoms with Crippen LogP contribution < -0.4 is 4.74 Å². The topological polar surface area (TPSA) is 26.3 Å². The zero-order valence-electron chi connectivity index (χ0n) is 10.4. The van der Waals surface area contributed by atoms with Crippen LogP contribution in [0.3, 0.4) is 0 Å². The quantitative estimate of drug-likeness (QED) is 0.778. The summed E-state index contributed by atoms with van der Waals surface area (Å²) >= 11 is 0. The zero-order chi connectivity index (χ0) is 12.1. The standard InChI is InChI=1S/C15H20O2/c1-17-15-8-4-7-13(11-15)10-14(16)9-12-5-2-3-6-12/h4,7-8,11-12H,2-3,5-6,9-10H2,1H3. The molecule has 2 nitrogen and oxygen atoms in total. The minimum Gasteiger partial charge on any atom is -0.497 e. The van der Waals surface area contributed by atoms with E-state index >= 15 is 0 Å². The third-order valence-electron chi connectivity index (χ3n) is 3.53. The van der Waals surface area contributed by atoms with Crippen molar-refractivity contribution in [2.45, 2.75) is 38.5 Å². The van der Waals surface area contributed by atoms with Crippen LogP contribution in [-0.2, 0) is 11.2 Å². The highest BCUT2D eigenvalue weighted by Crippen LogP contribution is 2.28. The third-order valence-corrected chi connectivity index (χ3v) is 3.53. The summed E-state index contributed by atoms with van der Waals surface area (Å²) < 4.78 is 5.16. The molecule has 0 N–H and O–H groups in total. The lowest BCUT2D eigenvalue weighted by molar-refractivity contribution is -0.119. The molecule has 1 aliphatic rings. The summed E-state index contributed by atoms with van der Waals surface area (Å²) in [6, 6.07) is 7.80. The summed E-state index contributed by atoms with van der Waals surface area (Å²) in [5.74, 6) is 1.84. The van der Waals surface area contributed by atoms with Gasteiger partial charge in [-0.05, 0) is 23.6 Å². The van der Waals surface area contributed by atoms with Gasteiger partial charge in [-0.25, -0.2) is 0 Å². The molecule has 0 aliphatic heterocycles. The third kappa shape index (κ3) is 3.58. The number of hydrogen-bond donors (Lipinski definition) is 0. The minimum atomic E-state index is 0.366. The summed E-state index contributed by atoms with van der Waals surface area (Å²) in [4.78, 5) is 11.9. The van der Waals surface area contributed by atoms with Crippen LogP contribution in [0, 0.1) is 5.92 Å². The van der Waals surface area contributed by atoms with Gasteiger partial charge in [-0.1, -0.05) is 37.8 Å². The Hall–Kier alpha value is -1.31. The second kappa shape index (κ2) is 5.85. The van der Waals surface area contributed by atoms with Crippen molar-refractivity contribution >= 4 is 5.78 Å². The molecule has 1 aliphatic carbocycles. The average Bonchev–Trinajstić information content (AvgIpc) is 2.82. The molecule has 2 heteroatoms. The van der Waals surface area contributed by atoms with Crippen LogP contribution >= 0.6 is 0 Å². The van der Waals surface area contributed by atoms with Gasteiger partial charge < -0.3 is 4.74 Å². The van der Waals surface area contributed by atoms with E-state index in [9.17, 15) is 4.79 Å². The number of ether oxygens (including phenoxy) is 1. The highest BCUT2D eigenvalue weighted by Gasteiger charge is 2.18. The molecule has 1 aromatic carbocycles. The Balaban J connectivity index is 1.88. The van der Waals surface area contributed by atoms with Gasteiger partial charge in [0.1, 0.15) is 11.5 Å². The number of methoxy groups -OCH3 is 1. The number of ketones is 1. The Morgan fingerprint density at radius 3 is 2.82 bits per heavy atom. The van der Waals surface area contributed by atoms with Gasteiger partial charge in [0.2, 0.25) is 0 Å². The molecule has 0 radical (unpaired) electrons. The number of hydrogen-bond acceptors (Lipinski definition) is 2. The molecule has 17 heavy (non-hydrogen) atoms. The number of Topliss-reactive ketones (excluding diaryl/α,β-unsaturated/α-hetero) is 1. The molecule has 0 unspecified atom stereocenters. The van der Waals surface area contributed by atoms with Gasteiger partial charge in [0, 0.05) is 12.8 Å². The number of rotatable bonds is 5. The van der Waals surface area contributed by atoms with Crippen molar-refractivity contribution in [3.63, 3.8) is 0 Å². The first-order chi connectivity index (χ1) is 8.28. The number of carbonyl (C=O) groups is 1. The van der Waals surface area contributed by atoms with Crippen molar-refractivity contribution in [1.82, 2.24) is 0 Å². The summed E-state index contributed by atoms with van der Waals surface area (Å²) in [6.45, 7) is 0. The fraction of sp³-hybridized carbons (Fsp3) is 0.533. The molecular formula is C15H20O2. The molecule has 1 saturated carbocycles. The van der Waals surface area contributed by atoms with Crippen LogP contribution in [0.4, 0.5) is 0 Å². The molecule has 0 bridgehead atoms. The SMILES string of the molecule is COc1cccc(CC(=O)CC2CCCC2)c1. The van der Waals surface area contributed by atoms with Gasteiger partial charge >= 0.3 is 0 Å². The van der Waals surface area contributed by atoms with E-state index in [0.29, 0.717) is 18.1 Å². The summed E-state index contributed by atoms with van der Waals surface area (Å²) in [7, 11) is 1.65. The second-order valence-corrected chi connectivity index (χ2v) is 4.92. The molecule has 0 heterocycles. The predicted octanol–water partition coefficient (Wildman–Crippen LogP) is 3.39. The lowest BCUT2D eigenvalue weighted by Crippen LogP contribution is -2.08. The number of benzene rings is 1. The predicted molar refractivity (Wildman–Crippen MR) is 68.3 cm³/mol. The van der Waals surface area contributed by atoms with Gasteiger partial charge in [-0.3, -0.25) is 4.79 Å². The maximum Gasteiger partial charge on any atom is 0.137 e. The second-order valence-electron chi connectivity index (χ2n) is 4.92. The first kappa shape index (κ1) is 12.2. The molecule has 0 aromatic heterocycles. The van der Waals surface area contributed by atoms with E-state index in [4.69, 9.17) is 4.74 Å². The average molecular weight is 232 g/mol. The van der Waals surface area contributed by atoms with E-state index in [1.807, 2.05) is 24.3 Å². The van der Waals surface area contributed by atoms with Crippen molar-refractivity contribution in [2.75, 3.05) is 7.11 Å². The molecule has 0 saturated heterocycles. The van der Waals surface area contributed by atoms with Crippen LogP contribution in [0.15, 0.2) is 24.3 Å². The largest absolute Gasteiger partial charge is 0.497 e. The fourth-order valence-corrected chi connectivity index (χ4v) is 2.62. The summed E-state index contributed by atoms with van der Waals surface area (Å²) in [6.07, 6.45) is 6.40. The highest BCUT2D eigenvalue weighted by molar-refractivity contribution is 5.81. The maximum atomic E-state index is 11.9. The van der Waals surface area contributed by atoms with E-state index in [1.165, 1.54) is 25.7 Å². The maximum absolute atomic E-state index is 11.9. The van der Waals surface area contributed by atoms with Crippen LogP contribution in [0.5, 0.6) is 5.75 Å². The molecule has 1 aromatic rings. The van der Waals surface area contributed by atoms with E-state index in [2.05, 4.69) is 0 Å². The highest BCUT2D eigenvalue weighted by atomic mass is 16.5. The van der Waals surface area contributed by atoms with Gasteiger partial charge in [-0.2, -0.15) is 0 Å². The Bertz CT molecular complexity index is 378. The van der Waals surface area contributed by atoms with Crippen molar-refractivity contribution in [3.05, 3.63) is 29.8 Å². The van der Waals surface area contributed by atoms with Crippen LogP contribution in [0.2, 0.25) is 0 Å². The first-order valence-electron chi connectivity index (χ1n) is 6.42. The lowest BCUT2D eigenvalue weighted by Gasteiger charge is -2.08. The molecule has 1 fully saturated rings. The smallest absolute Gasteiger partial charge is 0.137 e. The van der Waals surface area contributed by atoms with E-state index in [0.717, 1.165) is 17.7 Å². The molecule has 0 spiro atoms. The van der Waals surface area contributed by atoms with E-state index in [1.54, 1.807) is 7.11 Å². The Kier molecular flexibility index (Phi) is 4.18. The van der Waals surface area contributed by atoms with Crippen LogP contribution in [0.1, 0.15) is 37.7 Å². The summed E-state index contributed by atoms with van der Waals surface area (Å²) in [5.41, 5.74) is 1.06. The zero-order valence-corrected chi connectivity index (χ0v) is 10.4. The number of carbonyl (C=O) groups excluding carboxylic acids is 1. The van der Waals surface area contributed by atoms with Crippen LogP contribution in [-0.4, -0.2) is 12.9 Å². The van der Waals surface area contributed by atoms with Crippen molar-refractivity contribution < 1.29 is 9.53 Å². The lowest BCUT2D eigenvalue weighted by atomic mass is 9.97. The minimum absolute atomic E-state index is 0.366. The molecular weight excluding hydrogens is 212 g/mol. The Morgan fingerprint density at radius 1 is 1.35 bits per heavy atom. The monoisotopic (exact) mass is 232 g/mol.